The van der Waals surface area contributed by atoms with Crippen molar-refractivity contribution < 1.29 is 8.42 Å². The minimum Gasteiger partial charge on any atom is -0.260 e. The van der Waals surface area contributed by atoms with E-state index in [1.54, 1.807) is 22.9 Å². The van der Waals surface area contributed by atoms with Crippen molar-refractivity contribution in [2.75, 3.05) is 6.26 Å². The van der Waals surface area contributed by atoms with E-state index in [1.165, 1.54) is 6.26 Å². The molecule has 0 atom stereocenters. The Bertz CT molecular complexity index is 1060. The van der Waals surface area contributed by atoms with Crippen molar-refractivity contribution in [2.24, 2.45) is 0 Å². The highest BCUT2D eigenvalue weighted by Crippen LogP contribution is 2.28. The third kappa shape index (κ3) is 3.99. The molecule has 1 aliphatic rings. The Labute approximate surface area is 159 Å². The predicted octanol–water partition coefficient (Wildman–Crippen LogP) is 3.40. The Hall–Kier alpha value is -2.38. The summed E-state index contributed by atoms with van der Waals surface area (Å²) in [6.45, 7) is 0.310. The molecule has 0 N–H and O–H groups in total. The van der Waals surface area contributed by atoms with E-state index in [4.69, 9.17) is 0 Å². The SMILES string of the molecule is CS(=O)(=O)N(Cc1cc(-c2ccc3nccnc3c2)ccn1)C1CCCC1. The summed E-state index contributed by atoms with van der Waals surface area (Å²) in [5.41, 5.74) is 4.44. The van der Waals surface area contributed by atoms with Crippen LogP contribution in [0.25, 0.3) is 22.2 Å². The maximum Gasteiger partial charge on any atom is 0.211 e. The molecule has 0 bridgehead atoms. The first kappa shape index (κ1) is 18.0. The first-order chi connectivity index (χ1) is 13.0. The van der Waals surface area contributed by atoms with Gasteiger partial charge in [-0.2, -0.15) is 4.31 Å². The van der Waals surface area contributed by atoms with Gasteiger partial charge in [0.05, 0.1) is 29.5 Å². The molecular formula is C20H22N4O2S. The lowest BCUT2D eigenvalue weighted by Gasteiger charge is -2.26. The number of benzene rings is 1. The summed E-state index contributed by atoms with van der Waals surface area (Å²) < 4.78 is 26.2. The second kappa shape index (κ2) is 7.32. The zero-order chi connectivity index (χ0) is 18.9. The Kier molecular flexibility index (Phi) is 4.88. The fraction of sp³-hybridized carbons (Fsp3) is 0.350. The van der Waals surface area contributed by atoms with Crippen LogP contribution in [0.5, 0.6) is 0 Å². The van der Waals surface area contributed by atoms with Gasteiger partial charge in [0, 0.05) is 24.6 Å². The normalized spacial score (nSPS) is 15.6. The van der Waals surface area contributed by atoms with Crippen molar-refractivity contribution in [3.05, 3.63) is 54.6 Å². The predicted molar refractivity (Wildman–Crippen MR) is 105 cm³/mol. The largest absolute Gasteiger partial charge is 0.260 e. The maximum absolute atomic E-state index is 12.3. The number of aromatic nitrogens is 3. The van der Waals surface area contributed by atoms with Crippen LogP contribution in [-0.2, 0) is 16.6 Å². The van der Waals surface area contributed by atoms with Crippen LogP contribution in [0.3, 0.4) is 0 Å². The van der Waals surface area contributed by atoms with Crippen molar-refractivity contribution in [3.63, 3.8) is 0 Å². The molecule has 2 heterocycles. The molecule has 7 heteroatoms. The van der Waals surface area contributed by atoms with Crippen LogP contribution in [0.2, 0.25) is 0 Å². The molecule has 0 saturated heterocycles. The minimum absolute atomic E-state index is 0.0846. The van der Waals surface area contributed by atoms with E-state index in [9.17, 15) is 8.42 Å². The van der Waals surface area contributed by atoms with E-state index in [0.29, 0.717) is 6.54 Å². The molecule has 1 fully saturated rings. The van der Waals surface area contributed by atoms with Gasteiger partial charge in [-0.05, 0) is 48.2 Å². The van der Waals surface area contributed by atoms with Crippen LogP contribution >= 0.6 is 0 Å². The average Bonchev–Trinajstić information content (AvgIpc) is 3.19. The number of sulfonamides is 1. The Morgan fingerprint density at radius 3 is 2.37 bits per heavy atom. The molecule has 4 rings (SSSR count). The molecule has 0 radical (unpaired) electrons. The monoisotopic (exact) mass is 382 g/mol. The van der Waals surface area contributed by atoms with Gasteiger partial charge >= 0.3 is 0 Å². The molecule has 1 aromatic carbocycles. The number of nitrogens with zero attached hydrogens (tertiary/aromatic N) is 4. The lowest BCUT2D eigenvalue weighted by molar-refractivity contribution is 0.315. The number of hydrogen-bond donors (Lipinski definition) is 0. The van der Waals surface area contributed by atoms with Gasteiger partial charge in [0.15, 0.2) is 0 Å². The first-order valence-corrected chi connectivity index (χ1v) is 11.0. The summed E-state index contributed by atoms with van der Waals surface area (Å²) in [7, 11) is -3.28. The fourth-order valence-electron chi connectivity index (χ4n) is 3.76. The van der Waals surface area contributed by atoms with Gasteiger partial charge in [-0.15, -0.1) is 0 Å². The van der Waals surface area contributed by atoms with Gasteiger partial charge in [0.2, 0.25) is 10.0 Å². The topological polar surface area (TPSA) is 76.1 Å². The summed E-state index contributed by atoms with van der Waals surface area (Å²) in [6.07, 6.45) is 10.4. The Morgan fingerprint density at radius 1 is 0.926 bits per heavy atom. The Morgan fingerprint density at radius 2 is 1.63 bits per heavy atom. The van der Waals surface area contributed by atoms with Gasteiger partial charge in [0.1, 0.15) is 0 Å². The number of fused-ring (bicyclic) bond motifs is 1. The van der Waals surface area contributed by atoms with Crippen LogP contribution < -0.4 is 0 Å². The van der Waals surface area contributed by atoms with Crippen molar-refractivity contribution in [1.29, 1.82) is 0 Å². The molecule has 2 aromatic heterocycles. The lowest BCUT2D eigenvalue weighted by Crippen LogP contribution is -2.37. The highest BCUT2D eigenvalue weighted by atomic mass is 32.2. The third-order valence-electron chi connectivity index (χ3n) is 5.10. The molecule has 0 aliphatic heterocycles. The van der Waals surface area contributed by atoms with Crippen LogP contribution in [-0.4, -0.2) is 40.0 Å². The highest BCUT2D eigenvalue weighted by molar-refractivity contribution is 7.88. The van der Waals surface area contributed by atoms with Gasteiger partial charge in [0.25, 0.3) is 0 Å². The van der Waals surface area contributed by atoms with E-state index in [1.807, 2.05) is 30.3 Å². The molecule has 140 valence electrons. The molecule has 0 spiro atoms. The summed E-state index contributed by atoms with van der Waals surface area (Å²) in [5.74, 6) is 0. The van der Waals surface area contributed by atoms with E-state index in [0.717, 1.165) is 53.5 Å². The number of rotatable bonds is 5. The summed E-state index contributed by atoms with van der Waals surface area (Å²) in [4.78, 5) is 13.1. The summed E-state index contributed by atoms with van der Waals surface area (Å²) in [6, 6.07) is 9.92. The standard InChI is InChI=1S/C20H22N4O2S/c1-27(25,26)24(18-4-2-3-5-18)14-17-12-16(8-9-21-17)15-6-7-19-20(13-15)23-11-10-22-19/h6-13,18H,2-5,14H2,1H3. The van der Waals surface area contributed by atoms with Gasteiger partial charge in [-0.1, -0.05) is 18.9 Å². The molecule has 27 heavy (non-hydrogen) atoms. The van der Waals surface area contributed by atoms with Crippen molar-refractivity contribution in [3.8, 4) is 11.1 Å². The zero-order valence-electron chi connectivity index (χ0n) is 15.2. The summed E-state index contributed by atoms with van der Waals surface area (Å²) in [5, 5.41) is 0. The van der Waals surface area contributed by atoms with Crippen molar-refractivity contribution >= 4 is 21.1 Å². The molecular weight excluding hydrogens is 360 g/mol. The third-order valence-corrected chi connectivity index (χ3v) is 6.37. The molecule has 6 nitrogen and oxygen atoms in total. The zero-order valence-corrected chi connectivity index (χ0v) is 16.1. The first-order valence-electron chi connectivity index (χ1n) is 9.13. The van der Waals surface area contributed by atoms with E-state index in [-0.39, 0.29) is 6.04 Å². The average molecular weight is 382 g/mol. The molecule has 0 unspecified atom stereocenters. The molecule has 1 aliphatic carbocycles. The van der Waals surface area contributed by atoms with E-state index in [2.05, 4.69) is 15.0 Å². The quantitative estimate of drug-likeness (QED) is 0.676. The van der Waals surface area contributed by atoms with Gasteiger partial charge in [-0.3, -0.25) is 15.0 Å². The van der Waals surface area contributed by atoms with Gasteiger partial charge in [-0.25, -0.2) is 8.42 Å². The Balaban J connectivity index is 1.64. The fourth-order valence-corrected chi connectivity index (χ4v) is 4.88. The lowest BCUT2D eigenvalue weighted by atomic mass is 10.1. The highest BCUT2D eigenvalue weighted by Gasteiger charge is 2.29. The van der Waals surface area contributed by atoms with Crippen LogP contribution in [0.15, 0.2) is 48.9 Å². The summed E-state index contributed by atoms with van der Waals surface area (Å²) >= 11 is 0. The smallest absolute Gasteiger partial charge is 0.211 e. The minimum atomic E-state index is -3.28. The second-order valence-electron chi connectivity index (χ2n) is 7.04. The van der Waals surface area contributed by atoms with Crippen LogP contribution in [0.1, 0.15) is 31.4 Å². The molecule has 1 saturated carbocycles. The maximum atomic E-state index is 12.3. The molecule has 3 aromatic rings. The van der Waals surface area contributed by atoms with Crippen LogP contribution in [0.4, 0.5) is 0 Å². The van der Waals surface area contributed by atoms with E-state index < -0.39 is 10.0 Å². The molecule has 0 amide bonds. The van der Waals surface area contributed by atoms with Crippen molar-refractivity contribution in [1.82, 2.24) is 19.3 Å². The van der Waals surface area contributed by atoms with E-state index >= 15 is 0 Å². The number of pyridine rings is 1. The van der Waals surface area contributed by atoms with Crippen molar-refractivity contribution in [2.45, 2.75) is 38.3 Å². The number of hydrogen-bond acceptors (Lipinski definition) is 5. The second-order valence-corrected chi connectivity index (χ2v) is 8.98. The van der Waals surface area contributed by atoms with Gasteiger partial charge < -0.3 is 0 Å². The van der Waals surface area contributed by atoms with Crippen LogP contribution in [0, 0.1) is 0 Å².